The van der Waals surface area contributed by atoms with E-state index in [1.165, 1.54) is 0 Å². The van der Waals surface area contributed by atoms with Gasteiger partial charge < -0.3 is 10.8 Å². The van der Waals surface area contributed by atoms with E-state index in [1.807, 2.05) is 6.08 Å². The molecule has 3 N–H and O–H groups in total. The summed E-state index contributed by atoms with van der Waals surface area (Å²) in [5.74, 6) is -0.913. The van der Waals surface area contributed by atoms with Gasteiger partial charge in [-0.15, -0.1) is 6.58 Å². The topological polar surface area (TPSA) is 63.3 Å². The summed E-state index contributed by atoms with van der Waals surface area (Å²) < 4.78 is 0. The standard InChI is InChI=1S/C11H21NO2/c1-3-4-5-6-7-8-9-11(2,12)10(13)14/h3H,1,4-9,12H2,2H3,(H,13,14)/t11-/m1/s1. The molecule has 0 aromatic carbocycles. The normalized spacial score (nSPS) is 14.7. The fourth-order valence-electron chi connectivity index (χ4n) is 1.24. The van der Waals surface area contributed by atoms with Crippen LogP contribution in [-0.4, -0.2) is 16.6 Å². The quantitative estimate of drug-likeness (QED) is 0.466. The van der Waals surface area contributed by atoms with Crippen LogP contribution in [0.3, 0.4) is 0 Å². The SMILES string of the molecule is C=CCCCCCC[C@@](C)(N)C(=O)O. The summed E-state index contributed by atoms with van der Waals surface area (Å²) in [5.41, 5.74) is 4.53. The highest BCUT2D eigenvalue weighted by molar-refractivity contribution is 5.77. The Morgan fingerprint density at radius 2 is 2.00 bits per heavy atom. The lowest BCUT2D eigenvalue weighted by Crippen LogP contribution is -2.44. The van der Waals surface area contributed by atoms with Gasteiger partial charge in [0.15, 0.2) is 0 Å². The zero-order chi connectivity index (χ0) is 11.0. The Morgan fingerprint density at radius 3 is 2.50 bits per heavy atom. The Balaban J connectivity index is 3.44. The average Bonchev–Trinajstić information content (AvgIpc) is 2.10. The van der Waals surface area contributed by atoms with Crippen LogP contribution in [0.15, 0.2) is 12.7 Å². The lowest BCUT2D eigenvalue weighted by Gasteiger charge is -2.18. The minimum Gasteiger partial charge on any atom is -0.480 e. The van der Waals surface area contributed by atoms with Crippen LogP contribution in [0.25, 0.3) is 0 Å². The van der Waals surface area contributed by atoms with Crippen LogP contribution in [0.5, 0.6) is 0 Å². The zero-order valence-electron chi connectivity index (χ0n) is 8.96. The van der Waals surface area contributed by atoms with Gasteiger partial charge in [0, 0.05) is 0 Å². The van der Waals surface area contributed by atoms with Crippen molar-refractivity contribution in [3.63, 3.8) is 0 Å². The zero-order valence-corrected chi connectivity index (χ0v) is 8.96. The van der Waals surface area contributed by atoms with Gasteiger partial charge in [-0.1, -0.05) is 25.3 Å². The van der Waals surface area contributed by atoms with Crippen LogP contribution < -0.4 is 5.73 Å². The van der Waals surface area contributed by atoms with Crippen LogP contribution in [0.1, 0.15) is 45.4 Å². The van der Waals surface area contributed by atoms with Gasteiger partial charge in [-0.25, -0.2) is 0 Å². The lowest BCUT2D eigenvalue weighted by atomic mass is 9.95. The predicted octanol–water partition coefficient (Wildman–Crippen LogP) is 2.31. The fourth-order valence-corrected chi connectivity index (χ4v) is 1.24. The van der Waals surface area contributed by atoms with E-state index in [9.17, 15) is 4.79 Å². The molecular formula is C11H21NO2. The van der Waals surface area contributed by atoms with Crippen LogP contribution in [0, 0.1) is 0 Å². The molecule has 0 amide bonds. The molecule has 0 aliphatic carbocycles. The molecule has 0 saturated heterocycles. The molecule has 14 heavy (non-hydrogen) atoms. The lowest BCUT2D eigenvalue weighted by molar-refractivity contribution is -0.142. The van der Waals surface area contributed by atoms with Crippen LogP contribution in [0.2, 0.25) is 0 Å². The Kier molecular flexibility index (Phi) is 6.21. The molecule has 0 aromatic heterocycles. The van der Waals surface area contributed by atoms with E-state index < -0.39 is 11.5 Å². The molecule has 0 saturated carbocycles. The van der Waals surface area contributed by atoms with Crippen molar-refractivity contribution in [2.75, 3.05) is 0 Å². The second-order valence-corrected chi connectivity index (χ2v) is 3.96. The van der Waals surface area contributed by atoms with Gasteiger partial charge in [0.1, 0.15) is 5.54 Å². The van der Waals surface area contributed by atoms with Crippen LogP contribution >= 0.6 is 0 Å². The number of carboxylic acids is 1. The molecule has 0 aromatic rings. The van der Waals surface area contributed by atoms with E-state index in [2.05, 4.69) is 6.58 Å². The van der Waals surface area contributed by atoms with Crippen LogP contribution in [0.4, 0.5) is 0 Å². The Morgan fingerprint density at radius 1 is 1.43 bits per heavy atom. The van der Waals surface area contributed by atoms with Crippen molar-refractivity contribution in [3.05, 3.63) is 12.7 Å². The van der Waals surface area contributed by atoms with E-state index in [1.54, 1.807) is 6.92 Å². The largest absolute Gasteiger partial charge is 0.480 e. The van der Waals surface area contributed by atoms with E-state index in [-0.39, 0.29) is 0 Å². The number of carbonyl (C=O) groups is 1. The first-order valence-corrected chi connectivity index (χ1v) is 5.14. The number of rotatable bonds is 8. The van der Waals surface area contributed by atoms with Gasteiger partial charge in [-0.3, -0.25) is 4.79 Å². The third kappa shape index (κ3) is 5.75. The van der Waals surface area contributed by atoms with Gasteiger partial charge in [-0.2, -0.15) is 0 Å². The molecule has 0 radical (unpaired) electrons. The molecule has 0 aliphatic heterocycles. The van der Waals surface area contributed by atoms with Gasteiger partial charge in [0.25, 0.3) is 0 Å². The molecule has 0 bridgehead atoms. The molecule has 0 spiro atoms. The third-order valence-corrected chi connectivity index (χ3v) is 2.34. The maximum Gasteiger partial charge on any atom is 0.323 e. The van der Waals surface area contributed by atoms with E-state index >= 15 is 0 Å². The number of hydrogen-bond acceptors (Lipinski definition) is 2. The molecule has 3 heteroatoms. The smallest absolute Gasteiger partial charge is 0.323 e. The summed E-state index contributed by atoms with van der Waals surface area (Å²) in [6.07, 6.45) is 7.70. The number of allylic oxidation sites excluding steroid dienone is 1. The summed E-state index contributed by atoms with van der Waals surface area (Å²) >= 11 is 0. The second kappa shape index (κ2) is 6.60. The maximum absolute atomic E-state index is 10.6. The van der Waals surface area contributed by atoms with Gasteiger partial charge in [0.2, 0.25) is 0 Å². The minimum atomic E-state index is -1.06. The Bertz CT molecular complexity index is 188. The van der Waals surface area contributed by atoms with Crippen molar-refractivity contribution in [2.45, 2.75) is 51.0 Å². The number of carboxylic acid groups (broad SMARTS) is 1. The van der Waals surface area contributed by atoms with E-state index in [0.29, 0.717) is 6.42 Å². The van der Waals surface area contributed by atoms with Gasteiger partial charge in [-0.05, 0) is 26.2 Å². The molecule has 0 rings (SSSR count). The summed E-state index contributed by atoms with van der Waals surface area (Å²) in [5, 5.41) is 8.74. The molecule has 82 valence electrons. The predicted molar refractivity (Wildman–Crippen MR) is 58.1 cm³/mol. The van der Waals surface area contributed by atoms with E-state index in [4.69, 9.17) is 10.8 Å². The summed E-state index contributed by atoms with van der Waals surface area (Å²) in [6.45, 7) is 5.21. The maximum atomic E-state index is 10.6. The molecule has 0 fully saturated rings. The van der Waals surface area contributed by atoms with E-state index in [0.717, 1.165) is 32.1 Å². The first-order valence-electron chi connectivity index (χ1n) is 5.14. The summed E-state index contributed by atoms with van der Waals surface area (Å²) in [4.78, 5) is 10.6. The second-order valence-electron chi connectivity index (χ2n) is 3.96. The average molecular weight is 199 g/mol. The van der Waals surface area contributed by atoms with Crippen molar-refractivity contribution >= 4 is 5.97 Å². The first kappa shape index (κ1) is 13.2. The third-order valence-electron chi connectivity index (χ3n) is 2.34. The molecular weight excluding hydrogens is 178 g/mol. The monoisotopic (exact) mass is 199 g/mol. The summed E-state index contributed by atoms with van der Waals surface area (Å²) in [6, 6.07) is 0. The highest BCUT2D eigenvalue weighted by atomic mass is 16.4. The first-order chi connectivity index (χ1) is 6.50. The highest BCUT2D eigenvalue weighted by Gasteiger charge is 2.26. The number of aliphatic carboxylic acids is 1. The number of unbranched alkanes of at least 4 members (excludes halogenated alkanes) is 4. The van der Waals surface area contributed by atoms with Crippen molar-refractivity contribution in [1.29, 1.82) is 0 Å². The molecule has 0 unspecified atom stereocenters. The van der Waals surface area contributed by atoms with Crippen molar-refractivity contribution < 1.29 is 9.90 Å². The number of nitrogens with two attached hydrogens (primary N) is 1. The molecule has 0 heterocycles. The van der Waals surface area contributed by atoms with Gasteiger partial charge in [0.05, 0.1) is 0 Å². The molecule has 1 atom stereocenters. The fraction of sp³-hybridized carbons (Fsp3) is 0.727. The van der Waals surface area contributed by atoms with Gasteiger partial charge >= 0.3 is 5.97 Å². The Hall–Kier alpha value is -0.830. The highest BCUT2D eigenvalue weighted by Crippen LogP contribution is 2.13. The van der Waals surface area contributed by atoms with Crippen molar-refractivity contribution in [2.24, 2.45) is 5.73 Å². The molecule has 3 nitrogen and oxygen atoms in total. The van der Waals surface area contributed by atoms with Crippen LogP contribution in [-0.2, 0) is 4.79 Å². The molecule has 0 aliphatic rings. The summed E-state index contributed by atoms with van der Waals surface area (Å²) in [7, 11) is 0. The number of hydrogen-bond donors (Lipinski definition) is 2. The Labute approximate surface area is 86.0 Å². The van der Waals surface area contributed by atoms with Crippen molar-refractivity contribution in [1.82, 2.24) is 0 Å². The van der Waals surface area contributed by atoms with Crippen molar-refractivity contribution in [3.8, 4) is 0 Å². The minimum absolute atomic E-state index is 0.552.